The van der Waals surface area contributed by atoms with Gasteiger partial charge < -0.3 is 19.7 Å². The quantitative estimate of drug-likeness (QED) is 0.746. The van der Waals surface area contributed by atoms with Gasteiger partial charge in [-0.2, -0.15) is 0 Å². The lowest BCUT2D eigenvalue weighted by Gasteiger charge is -2.16. The highest BCUT2D eigenvalue weighted by Crippen LogP contribution is 2.32. The first-order chi connectivity index (χ1) is 8.26. The van der Waals surface area contributed by atoms with Crippen LogP contribution in [0.4, 0.5) is 0 Å². The Balaban J connectivity index is 2.13. The molecule has 1 aromatic carbocycles. The Bertz CT molecular complexity index is 398. The molecule has 4 nitrogen and oxygen atoms in total. The molecular weight excluding hydrogens is 220 g/mol. The van der Waals surface area contributed by atoms with Crippen LogP contribution < -0.4 is 0 Å². The largest absolute Gasteiger partial charge is 0.394 e. The molecule has 4 atom stereocenters. The highest BCUT2D eigenvalue weighted by molar-refractivity contribution is 5.18. The summed E-state index contributed by atoms with van der Waals surface area (Å²) in [5, 5.41) is 18.5. The van der Waals surface area contributed by atoms with Crippen LogP contribution >= 0.6 is 0 Å². The standard InChI is InChI=1S/C13H14O4/c1-2-11-12(10(15)8-14)17-13(16-11)9-6-4-3-5-7-9/h1,3-7,10-15H,8H2/t10-,11?,12-,13?/m1/s1. The normalized spacial score (nSPS) is 29.8. The molecule has 1 aliphatic heterocycles. The molecule has 1 fully saturated rings. The van der Waals surface area contributed by atoms with Crippen LogP contribution in [0, 0.1) is 12.3 Å². The van der Waals surface area contributed by atoms with E-state index >= 15 is 0 Å². The first-order valence-corrected chi connectivity index (χ1v) is 5.37. The molecule has 0 spiro atoms. The molecule has 0 amide bonds. The average Bonchev–Trinajstić information content (AvgIpc) is 2.83. The van der Waals surface area contributed by atoms with Gasteiger partial charge in [0.05, 0.1) is 6.61 Å². The molecule has 0 radical (unpaired) electrons. The molecule has 0 aliphatic carbocycles. The minimum absolute atomic E-state index is 0.409. The molecule has 90 valence electrons. The average molecular weight is 234 g/mol. The van der Waals surface area contributed by atoms with Gasteiger partial charge in [0.2, 0.25) is 0 Å². The maximum atomic E-state index is 9.57. The fourth-order valence-corrected chi connectivity index (χ4v) is 1.75. The topological polar surface area (TPSA) is 58.9 Å². The van der Waals surface area contributed by atoms with Gasteiger partial charge in [-0.1, -0.05) is 36.3 Å². The number of terminal acetylenes is 1. The van der Waals surface area contributed by atoms with Gasteiger partial charge >= 0.3 is 0 Å². The fourth-order valence-electron chi connectivity index (χ4n) is 1.75. The first-order valence-electron chi connectivity index (χ1n) is 5.37. The van der Waals surface area contributed by atoms with Gasteiger partial charge in [0.25, 0.3) is 0 Å². The second-order valence-electron chi connectivity index (χ2n) is 3.82. The minimum Gasteiger partial charge on any atom is -0.394 e. The van der Waals surface area contributed by atoms with E-state index < -0.39 is 31.2 Å². The Labute approximate surface area is 99.8 Å². The number of hydrogen-bond acceptors (Lipinski definition) is 4. The van der Waals surface area contributed by atoms with E-state index in [-0.39, 0.29) is 0 Å². The molecule has 0 saturated carbocycles. The Hall–Kier alpha value is -1.38. The summed E-state index contributed by atoms with van der Waals surface area (Å²) in [4.78, 5) is 0. The Morgan fingerprint density at radius 2 is 2.00 bits per heavy atom. The zero-order valence-corrected chi connectivity index (χ0v) is 9.19. The molecule has 0 aromatic heterocycles. The van der Waals surface area contributed by atoms with Gasteiger partial charge in [0.15, 0.2) is 6.29 Å². The summed E-state index contributed by atoms with van der Waals surface area (Å²) in [6, 6.07) is 9.32. The predicted octanol–water partition coefficient (Wildman–Crippen LogP) is 0.456. The third kappa shape index (κ3) is 2.48. The molecule has 0 bridgehead atoms. The third-order valence-electron chi connectivity index (χ3n) is 2.65. The highest BCUT2D eigenvalue weighted by Gasteiger charge is 2.39. The van der Waals surface area contributed by atoms with Crippen LogP contribution in [0.3, 0.4) is 0 Å². The smallest absolute Gasteiger partial charge is 0.186 e. The summed E-state index contributed by atoms with van der Waals surface area (Å²) >= 11 is 0. The summed E-state index contributed by atoms with van der Waals surface area (Å²) in [6.45, 7) is -0.409. The summed E-state index contributed by atoms with van der Waals surface area (Å²) < 4.78 is 11.0. The molecule has 1 aromatic rings. The molecule has 2 unspecified atom stereocenters. The van der Waals surface area contributed by atoms with Crippen molar-refractivity contribution in [2.75, 3.05) is 6.61 Å². The number of benzene rings is 1. The fraction of sp³-hybridized carbons (Fsp3) is 0.385. The van der Waals surface area contributed by atoms with E-state index in [9.17, 15) is 5.11 Å². The van der Waals surface area contributed by atoms with Crippen molar-refractivity contribution in [1.29, 1.82) is 0 Å². The van der Waals surface area contributed by atoms with E-state index in [1.165, 1.54) is 0 Å². The summed E-state index contributed by atoms with van der Waals surface area (Å²) in [5.41, 5.74) is 0.834. The van der Waals surface area contributed by atoms with Crippen molar-refractivity contribution < 1.29 is 19.7 Å². The van der Waals surface area contributed by atoms with Gasteiger partial charge in [0.1, 0.15) is 18.3 Å². The van der Waals surface area contributed by atoms with Crippen LogP contribution in [0.25, 0.3) is 0 Å². The monoisotopic (exact) mass is 234 g/mol. The van der Waals surface area contributed by atoms with Gasteiger partial charge in [-0.3, -0.25) is 0 Å². The van der Waals surface area contributed by atoms with Crippen LogP contribution in [-0.2, 0) is 9.47 Å². The van der Waals surface area contributed by atoms with Gasteiger partial charge in [-0.25, -0.2) is 0 Å². The van der Waals surface area contributed by atoms with Crippen molar-refractivity contribution >= 4 is 0 Å². The molecule has 2 N–H and O–H groups in total. The van der Waals surface area contributed by atoms with Crippen molar-refractivity contribution in [2.45, 2.75) is 24.6 Å². The van der Waals surface area contributed by atoms with Crippen molar-refractivity contribution in [3.63, 3.8) is 0 Å². The second-order valence-corrected chi connectivity index (χ2v) is 3.82. The molecule has 2 rings (SSSR count). The maximum Gasteiger partial charge on any atom is 0.186 e. The molecule has 17 heavy (non-hydrogen) atoms. The van der Waals surface area contributed by atoms with Crippen LogP contribution in [0.15, 0.2) is 30.3 Å². The Kier molecular flexibility index (Phi) is 3.77. The SMILES string of the molecule is C#CC1OC(c2ccccc2)O[C@@H]1[C@H](O)CO. The molecule has 1 saturated heterocycles. The number of rotatable bonds is 3. The van der Waals surface area contributed by atoms with Gasteiger partial charge in [-0.05, 0) is 0 Å². The zero-order chi connectivity index (χ0) is 12.3. The van der Waals surface area contributed by atoms with Gasteiger partial charge in [0, 0.05) is 5.56 Å². The third-order valence-corrected chi connectivity index (χ3v) is 2.65. The second kappa shape index (κ2) is 5.30. The first kappa shape index (κ1) is 12.1. The van der Waals surface area contributed by atoms with Crippen LogP contribution in [-0.4, -0.2) is 35.1 Å². The molecule has 1 heterocycles. The van der Waals surface area contributed by atoms with Crippen LogP contribution in [0.2, 0.25) is 0 Å². The van der Waals surface area contributed by atoms with Gasteiger partial charge in [-0.15, -0.1) is 6.42 Å². The molecular formula is C13H14O4. The van der Waals surface area contributed by atoms with Crippen molar-refractivity contribution in [1.82, 2.24) is 0 Å². The van der Waals surface area contributed by atoms with E-state index in [1.807, 2.05) is 30.3 Å². The molecule has 4 heteroatoms. The summed E-state index contributed by atoms with van der Waals surface area (Å²) in [5.74, 6) is 2.41. The van der Waals surface area contributed by atoms with E-state index in [1.54, 1.807) is 0 Å². The van der Waals surface area contributed by atoms with Crippen molar-refractivity contribution in [3.05, 3.63) is 35.9 Å². The number of aliphatic hydroxyl groups is 2. The number of hydrogen-bond donors (Lipinski definition) is 2. The Morgan fingerprint density at radius 1 is 1.29 bits per heavy atom. The Morgan fingerprint density at radius 3 is 2.59 bits per heavy atom. The lowest BCUT2D eigenvalue weighted by Crippen LogP contribution is -2.36. The van der Waals surface area contributed by atoms with Crippen LogP contribution in [0.1, 0.15) is 11.9 Å². The van der Waals surface area contributed by atoms with E-state index in [4.69, 9.17) is 21.0 Å². The highest BCUT2D eigenvalue weighted by atomic mass is 16.7. The van der Waals surface area contributed by atoms with Crippen LogP contribution in [0.5, 0.6) is 0 Å². The predicted molar refractivity (Wildman–Crippen MR) is 60.9 cm³/mol. The number of aliphatic hydroxyl groups excluding tert-OH is 2. The lowest BCUT2D eigenvalue weighted by molar-refractivity contribution is -0.0906. The van der Waals surface area contributed by atoms with E-state index in [2.05, 4.69) is 5.92 Å². The van der Waals surface area contributed by atoms with E-state index in [0.717, 1.165) is 5.56 Å². The maximum absolute atomic E-state index is 9.57. The van der Waals surface area contributed by atoms with Crippen molar-refractivity contribution in [3.8, 4) is 12.3 Å². The summed E-state index contributed by atoms with van der Waals surface area (Å²) in [6.07, 6.45) is 2.33. The number of ether oxygens (including phenoxy) is 2. The summed E-state index contributed by atoms with van der Waals surface area (Å²) in [7, 11) is 0. The minimum atomic E-state index is -1.04. The van der Waals surface area contributed by atoms with E-state index in [0.29, 0.717) is 0 Å². The zero-order valence-electron chi connectivity index (χ0n) is 9.19. The lowest BCUT2D eigenvalue weighted by atomic mass is 10.1. The molecule has 1 aliphatic rings. The van der Waals surface area contributed by atoms with Crippen molar-refractivity contribution in [2.24, 2.45) is 0 Å².